The van der Waals surface area contributed by atoms with Crippen LogP contribution in [0.1, 0.15) is 34.7 Å². The SMILES string of the molecule is COc1cc2c3c4c1O[C@@H]1c5c(cc(OC)c(c5-4)O[C@H]3NCC2)CCN1C. The Balaban J connectivity index is 1.77. The highest BCUT2D eigenvalue weighted by atomic mass is 16.5. The second kappa shape index (κ2) is 5.30. The van der Waals surface area contributed by atoms with Gasteiger partial charge in [-0.25, -0.2) is 0 Å². The van der Waals surface area contributed by atoms with Gasteiger partial charge in [-0.15, -0.1) is 0 Å². The Morgan fingerprint density at radius 2 is 1.63 bits per heavy atom. The summed E-state index contributed by atoms with van der Waals surface area (Å²) in [5, 5.41) is 3.50. The lowest BCUT2D eigenvalue weighted by Gasteiger charge is -2.45. The van der Waals surface area contributed by atoms with Gasteiger partial charge in [0.15, 0.2) is 35.5 Å². The summed E-state index contributed by atoms with van der Waals surface area (Å²) in [6.07, 6.45) is 1.60. The summed E-state index contributed by atoms with van der Waals surface area (Å²) in [5.74, 6) is 3.22. The van der Waals surface area contributed by atoms with Crippen LogP contribution in [-0.4, -0.2) is 39.3 Å². The molecule has 0 fully saturated rings. The first kappa shape index (κ1) is 15.6. The second-order valence-corrected chi connectivity index (χ2v) is 7.61. The summed E-state index contributed by atoms with van der Waals surface area (Å²) in [6.45, 7) is 1.81. The van der Waals surface area contributed by atoms with Crippen LogP contribution >= 0.6 is 0 Å². The molecule has 4 aliphatic rings. The molecule has 0 amide bonds. The average molecular weight is 366 g/mol. The molecule has 0 aliphatic carbocycles. The third-order valence-corrected chi connectivity index (χ3v) is 6.27. The highest BCUT2D eigenvalue weighted by molar-refractivity contribution is 5.90. The van der Waals surface area contributed by atoms with E-state index >= 15 is 0 Å². The summed E-state index contributed by atoms with van der Waals surface area (Å²) in [4.78, 5) is 2.25. The molecule has 0 unspecified atom stereocenters. The average Bonchev–Trinajstić information content (AvgIpc) is 2.71. The van der Waals surface area contributed by atoms with Crippen molar-refractivity contribution in [2.75, 3.05) is 34.4 Å². The molecule has 0 spiro atoms. The van der Waals surface area contributed by atoms with E-state index in [1.54, 1.807) is 14.2 Å². The Labute approximate surface area is 158 Å². The molecule has 0 saturated heterocycles. The Kier molecular flexibility index (Phi) is 3.06. The first-order valence-electron chi connectivity index (χ1n) is 9.46. The molecule has 6 heteroatoms. The van der Waals surface area contributed by atoms with Crippen molar-refractivity contribution in [3.63, 3.8) is 0 Å². The van der Waals surface area contributed by atoms with Crippen molar-refractivity contribution in [3.8, 4) is 34.1 Å². The van der Waals surface area contributed by atoms with Gasteiger partial charge in [-0.05, 0) is 43.1 Å². The largest absolute Gasteiger partial charge is 0.493 e. The zero-order chi connectivity index (χ0) is 18.3. The van der Waals surface area contributed by atoms with E-state index in [0.717, 1.165) is 60.1 Å². The molecule has 4 aliphatic heterocycles. The summed E-state index contributed by atoms with van der Waals surface area (Å²) in [6, 6.07) is 4.24. The summed E-state index contributed by atoms with van der Waals surface area (Å²) in [5.41, 5.74) is 7.18. The summed E-state index contributed by atoms with van der Waals surface area (Å²) < 4.78 is 24.5. The number of nitrogens with zero attached hydrogens (tertiary/aromatic N) is 1. The van der Waals surface area contributed by atoms with Gasteiger partial charge >= 0.3 is 0 Å². The molecular formula is C21H22N2O4. The van der Waals surface area contributed by atoms with Crippen LogP contribution in [0.2, 0.25) is 0 Å². The van der Waals surface area contributed by atoms with Crippen molar-refractivity contribution in [3.05, 3.63) is 34.4 Å². The molecule has 4 heterocycles. The lowest BCUT2D eigenvalue weighted by atomic mass is 9.80. The van der Waals surface area contributed by atoms with Gasteiger partial charge in [-0.3, -0.25) is 10.2 Å². The van der Waals surface area contributed by atoms with Gasteiger partial charge in [-0.2, -0.15) is 0 Å². The number of hydrogen-bond donors (Lipinski definition) is 1. The molecular weight excluding hydrogens is 344 g/mol. The predicted octanol–water partition coefficient (Wildman–Crippen LogP) is 2.79. The maximum Gasteiger partial charge on any atom is 0.180 e. The van der Waals surface area contributed by atoms with Crippen LogP contribution in [0.5, 0.6) is 23.0 Å². The van der Waals surface area contributed by atoms with Crippen LogP contribution < -0.4 is 24.3 Å². The standard InChI is InChI=1S/C21H22N2O4/c1-23-7-5-11-9-12(24-2)18-17-15(11)21(23)27-19-13(25-3)8-10-4-6-22-20(26-18)14(10)16(17)19/h8-9,20-22H,4-7H2,1-3H3/t20-,21-/m1/s1. The van der Waals surface area contributed by atoms with Crippen LogP contribution in [-0.2, 0) is 12.8 Å². The van der Waals surface area contributed by atoms with Gasteiger partial charge in [0, 0.05) is 35.3 Å². The number of likely N-dealkylation sites (N-methyl/N-ethyl adjacent to an activating group) is 1. The van der Waals surface area contributed by atoms with Crippen LogP contribution in [0, 0.1) is 0 Å². The third kappa shape index (κ3) is 1.87. The first-order chi connectivity index (χ1) is 13.2. The molecule has 0 radical (unpaired) electrons. The van der Waals surface area contributed by atoms with Gasteiger partial charge in [-0.1, -0.05) is 0 Å². The van der Waals surface area contributed by atoms with Gasteiger partial charge in [0.25, 0.3) is 0 Å². The van der Waals surface area contributed by atoms with Crippen LogP contribution in [0.3, 0.4) is 0 Å². The Morgan fingerprint density at radius 3 is 2.37 bits per heavy atom. The van der Waals surface area contributed by atoms with E-state index in [1.165, 1.54) is 22.3 Å². The van der Waals surface area contributed by atoms with Crippen LogP contribution in [0.25, 0.3) is 11.1 Å². The van der Waals surface area contributed by atoms with Crippen LogP contribution in [0.4, 0.5) is 0 Å². The van der Waals surface area contributed by atoms with E-state index < -0.39 is 0 Å². The van der Waals surface area contributed by atoms with Gasteiger partial charge < -0.3 is 18.9 Å². The second-order valence-electron chi connectivity index (χ2n) is 7.61. The van der Waals surface area contributed by atoms with E-state index in [9.17, 15) is 0 Å². The number of methoxy groups -OCH3 is 2. The minimum Gasteiger partial charge on any atom is -0.493 e. The molecule has 0 bridgehead atoms. The van der Waals surface area contributed by atoms with Gasteiger partial charge in [0.1, 0.15) is 0 Å². The summed E-state index contributed by atoms with van der Waals surface area (Å²) in [7, 11) is 5.53. The van der Waals surface area contributed by atoms with Crippen LogP contribution in [0.15, 0.2) is 12.1 Å². The molecule has 6 rings (SSSR count). The molecule has 1 N–H and O–H groups in total. The Hall–Kier alpha value is -2.44. The van der Waals surface area contributed by atoms with E-state index in [4.69, 9.17) is 18.9 Å². The maximum absolute atomic E-state index is 6.57. The third-order valence-electron chi connectivity index (χ3n) is 6.27. The van der Waals surface area contributed by atoms with Crippen molar-refractivity contribution < 1.29 is 18.9 Å². The molecule has 0 saturated carbocycles. The van der Waals surface area contributed by atoms with E-state index in [-0.39, 0.29) is 12.5 Å². The number of ether oxygens (including phenoxy) is 4. The minimum absolute atomic E-state index is 0.135. The zero-order valence-corrected chi connectivity index (χ0v) is 15.7. The number of nitrogens with one attached hydrogen (secondary N) is 1. The van der Waals surface area contributed by atoms with Crippen molar-refractivity contribution in [1.82, 2.24) is 10.2 Å². The first-order valence-corrected chi connectivity index (χ1v) is 9.46. The molecule has 2 aromatic rings. The van der Waals surface area contributed by atoms with Crippen molar-refractivity contribution in [2.24, 2.45) is 0 Å². The van der Waals surface area contributed by atoms with E-state index in [0.29, 0.717) is 0 Å². The van der Waals surface area contributed by atoms with Gasteiger partial charge in [0.05, 0.1) is 14.2 Å². The molecule has 27 heavy (non-hydrogen) atoms. The fraction of sp³-hybridized carbons (Fsp3) is 0.429. The Bertz CT molecular complexity index is 987. The van der Waals surface area contributed by atoms with E-state index in [2.05, 4.69) is 29.4 Å². The number of benzene rings is 2. The highest BCUT2D eigenvalue weighted by Crippen LogP contribution is 2.61. The lowest BCUT2D eigenvalue weighted by Crippen LogP contribution is -2.41. The fourth-order valence-electron chi connectivity index (χ4n) is 5.00. The van der Waals surface area contributed by atoms with Crippen molar-refractivity contribution >= 4 is 0 Å². The zero-order valence-electron chi connectivity index (χ0n) is 15.7. The molecule has 140 valence electrons. The van der Waals surface area contributed by atoms with Crippen molar-refractivity contribution in [2.45, 2.75) is 25.3 Å². The topological polar surface area (TPSA) is 52.2 Å². The molecule has 0 aromatic heterocycles. The smallest absolute Gasteiger partial charge is 0.180 e. The highest BCUT2D eigenvalue weighted by Gasteiger charge is 2.45. The summed E-state index contributed by atoms with van der Waals surface area (Å²) >= 11 is 0. The maximum atomic E-state index is 6.57. The minimum atomic E-state index is -0.186. The molecule has 6 nitrogen and oxygen atoms in total. The quantitative estimate of drug-likeness (QED) is 0.882. The monoisotopic (exact) mass is 366 g/mol. The normalized spacial score (nSPS) is 23.8. The number of hydrogen-bond acceptors (Lipinski definition) is 6. The fourth-order valence-corrected chi connectivity index (χ4v) is 5.00. The van der Waals surface area contributed by atoms with E-state index in [1.807, 2.05) is 0 Å². The molecule has 2 aromatic carbocycles. The number of rotatable bonds is 2. The predicted molar refractivity (Wildman–Crippen MR) is 99.8 cm³/mol. The molecule has 2 atom stereocenters. The Morgan fingerprint density at radius 1 is 0.963 bits per heavy atom. The van der Waals surface area contributed by atoms with Crippen molar-refractivity contribution in [1.29, 1.82) is 0 Å². The van der Waals surface area contributed by atoms with Gasteiger partial charge in [0.2, 0.25) is 0 Å². The lowest BCUT2D eigenvalue weighted by molar-refractivity contribution is 0.0286.